The van der Waals surface area contributed by atoms with Crippen LogP contribution >= 0.6 is 0 Å². The maximum absolute atomic E-state index is 6.23. The van der Waals surface area contributed by atoms with Crippen LogP contribution in [-0.4, -0.2) is 9.97 Å². The lowest BCUT2D eigenvalue weighted by molar-refractivity contribution is 0.669. The number of hydrogen-bond acceptors (Lipinski definition) is 3. The van der Waals surface area contributed by atoms with E-state index in [4.69, 9.17) is 14.4 Å². The van der Waals surface area contributed by atoms with Gasteiger partial charge in [-0.05, 0) is 103 Å². The molecule has 11 aromatic rings. The summed E-state index contributed by atoms with van der Waals surface area (Å²) >= 11 is 0. The highest BCUT2D eigenvalue weighted by Crippen LogP contribution is 2.40. The molecule has 266 valence electrons. The van der Waals surface area contributed by atoms with Gasteiger partial charge in [0.05, 0.1) is 11.4 Å². The maximum Gasteiger partial charge on any atom is 0.161 e. The monoisotopic (exact) mass is 726 g/mol. The molecule has 0 aliphatic rings. The summed E-state index contributed by atoms with van der Waals surface area (Å²) in [6.45, 7) is 0. The SMILES string of the molecule is c1ccc(-c2cc(-c3cc(-c4ccc5ccccc5c4)cc(-c4ccc5oc6ccccc6c5c4)c3)nc(-c3ccccc3-c3cccc4ccccc34)n2)cc1. The Morgan fingerprint density at radius 3 is 1.70 bits per heavy atom. The summed E-state index contributed by atoms with van der Waals surface area (Å²) < 4.78 is 6.23. The first-order valence-electron chi connectivity index (χ1n) is 19.3. The fraction of sp³-hybridized carbons (Fsp3) is 0. The van der Waals surface area contributed by atoms with E-state index in [0.29, 0.717) is 5.82 Å². The Balaban J connectivity index is 1.15. The topological polar surface area (TPSA) is 38.9 Å². The Hall–Kier alpha value is -7.62. The predicted octanol–water partition coefficient (Wildman–Crippen LogP) is 14.7. The van der Waals surface area contributed by atoms with Crippen molar-refractivity contribution >= 4 is 43.5 Å². The van der Waals surface area contributed by atoms with E-state index in [1.807, 2.05) is 18.2 Å². The maximum atomic E-state index is 6.23. The van der Waals surface area contributed by atoms with E-state index in [1.54, 1.807) is 0 Å². The van der Waals surface area contributed by atoms with Crippen molar-refractivity contribution in [1.82, 2.24) is 9.97 Å². The van der Waals surface area contributed by atoms with Gasteiger partial charge >= 0.3 is 0 Å². The highest BCUT2D eigenvalue weighted by Gasteiger charge is 2.18. The van der Waals surface area contributed by atoms with E-state index < -0.39 is 0 Å². The Bertz CT molecular complexity index is 3300. The molecule has 0 spiro atoms. The zero-order valence-electron chi connectivity index (χ0n) is 30.9. The normalized spacial score (nSPS) is 11.5. The van der Waals surface area contributed by atoms with Crippen LogP contribution in [0.25, 0.3) is 111 Å². The van der Waals surface area contributed by atoms with Gasteiger partial charge in [0.2, 0.25) is 0 Å². The van der Waals surface area contributed by atoms with Crippen molar-refractivity contribution in [2.75, 3.05) is 0 Å². The van der Waals surface area contributed by atoms with Crippen molar-refractivity contribution in [3.63, 3.8) is 0 Å². The number of furan rings is 1. The molecule has 0 radical (unpaired) electrons. The van der Waals surface area contributed by atoms with Crippen molar-refractivity contribution in [2.24, 2.45) is 0 Å². The molecule has 0 aliphatic carbocycles. The quantitative estimate of drug-likeness (QED) is 0.171. The molecule has 2 heterocycles. The van der Waals surface area contributed by atoms with Crippen LogP contribution in [0.3, 0.4) is 0 Å². The smallest absolute Gasteiger partial charge is 0.161 e. The van der Waals surface area contributed by atoms with Gasteiger partial charge in [-0.15, -0.1) is 0 Å². The first-order valence-corrected chi connectivity index (χ1v) is 19.3. The summed E-state index contributed by atoms with van der Waals surface area (Å²) in [5.74, 6) is 0.679. The summed E-state index contributed by atoms with van der Waals surface area (Å²) in [6, 6.07) is 72.9. The van der Waals surface area contributed by atoms with Crippen LogP contribution in [0.5, 0.6) is 0 Å². The predicted molar refractivity (Wildman–Crippen MR) is 237 cm³/mol. The largest absolute Gasteiger partial charge is 0.456 e. The standard InChI is InChI=1S/C54H34N2O/c1-2-15-37(16-3-1)50-34-51(56-54(55-50)48-22-9-8-20-46(48)45-23-12-18-36-14-6-7-19-44(36)45)43-31-41(39-26-25-35-13-4-5-17-38(35)29-39)30-42(32-43)40-27-28-53-49(33-40)47-21-10-11-24-52(47)57-53/h1-34H. The number of para-hydroxylation sites is 1. The fourth-order valence-corrected chi connectivity index (χ4v) is 8.23. The third kappa shape index (κ3) is 5.94. The molecular weight excluding hydrogens is 693 g/mol. The van der Waals surface area contributed by atoms with Crippen LogP contribution in [0.4, 0.5) is 0 Å². The molecule has 0 saturated carbocycles. The number of benzene rings is 9. The first-order chi connectivity index (χ1) is 28.2. The summed E-state index contributed by atoms with van der Waals surface area (Å²) in [6.07, 6.45) is 0. The third-order valence-corrected chi connectivity index (χ3v) is 11.1. The zero-order valence-corrected chi connectivity index (χ0v) is 30.9. The van der Waals surface area contributed by atoms with Crippen LogP contribution in [0.1, 0.15) is 0 Å². The van der Waals surface area contributed by atoms with Gasteiger partial charge in [0.25, 0.3) is 0 Å². The molecule has 57 heavy (non-hydrogen) atoms. The van der Waals surface area contributed by atoms with Gasteiger partial charge in [0, 0.05) is 27.5 Å². The van der Waals surface area contributed by atoms with E-state index in [-0.39, 0.29) is 0 Å². The van der Waals surface area contributed by atoms with E-state index in [0.717, 1.165) is 83.4 Å². The molecule has 0 N–H and O–H groups in total. The molecule has 3 nitrogen and oxygen atoms in total. The summed E-state index contributed by atoms with van der Waals surface area (Å²) in [5.41, 5.74) is 13.2. The first kappa shape index (κ1) is 32.8. The second-order valence-electron chi connectivity index (χ2n) is 14.6. The third-order valence-electron chi connectivity index (χ3n) is 11.1. The lowest BCUT2D eigenvalue weighted by Crippen LogP contribution is -1.98. The van der Waals surface area contributed by atoms with Crippen LogP contribution in [0.2, 0.25) is 0 Å². The van der Waals surface area contributed by atoms with Gasteiger partial charge in [-0.3, -0.25) is 0 Å². The number of rotatable bonds is 6. The average molecular weight is 727 g/mol. The van der Waals surface area contributed by atoms with Gasteiger partial charge in [-0.2, -0.15) is 0 Å². The van der Waals surface area contributed by atoms with Crippen LogP contribution in [0, 0.1) is 0 Å². The van der Waals surface area contributed by atoms with Crippen molar-refractivity contribution < 1.29 is 4.42 Å². The van der Waals surface area contributed by atoms with Crippen molar-refractivity contribution in [3.8, 4) is 67.3 Å². The Labute approximate surface area is 330 Å². The number of nitrogens with zero attached hydrogens (tertiary/aromatic N) is 2. The number of aromatic nitrogens is 2. The number of fused-ring (bicyclic) bond motifs is 5. The molecule has 0 amide bonds. The summed E-state index contributed by atoms with van der Waals surface area (Å²) in [5, 5.41) is 7.02. The van der Waals surface area contributed by atoms with E-state index in [2.05, 4.69) is 188 Å². The van der Waals surface area contributed by atoms with Crippen LogP contribution in [-0.2, 0) is 0 Å². The minimum absolute atomic E-state index is 0.679. The molecule has 0 bridgehead atoms. The molecule has 0 fully saturated rings. The molecule has 3 heteroatoms. The van der Waals surface area contributed by atoms with E-state index in [1.165, 1.54) is 21.5 Å². The molecule has 9 aromatic carbocycles. The van der Waals surface area contributed by atoms with Gasteiger partial charge in [0.15, 0.2) is 5.82 Å². The highest BCUT2D eigenvalue weighted by atomic mass is 16.3. The molecule has 11 rings (SSSR count). The second kappa shape index (κ2) is 13.6. The fourth-order valence-electron chi connectivity index (χ4n) is 8.23. The van der Waals surface area contributed by atoms with Gasteiger partial charge in [0.1, 0.15) is 11.2 Å². The summed E-state index contributed by atoms with van der Waals surface area (Å²) in [4.78, 5) is 10.7. The van der Waals surface area contributed by atoms with E-state index in [9.17, 15) is 0 Å². The van der Waals surface area contributed by atoms with Crippen molar-refractivity contribution in [1.29, 1.82) is 0 Å². The van der Waals surface area contributed by atoms with Crippen LogP contribution < -0.4 is 0 Å². The number of hydrogen-bond donors (Lipinski definition) is 0. The Morgan fingerprint density at radius 2 is 0.860 bits per heavy atom. The molecule has 0 atom stereocenters. The molecule has 0 saturated heterocycles. The lowest BCUT2D eigenvalue weighted by Gasteiger charge is -2.15. The van der Waals surface area contributed by atoms with Gasteiger partial charge in [-0.25, -0.2) is 9.97 Å². The van der Waals surface area contributed by atoms with Gasteiger partial charge in [-0.1, -0.05) is 158 Å². The lowest BCUT2D eigenvalue weighted by atomic mass is 9.92. The second-order valence-corrected chi connectivity index (χ2v) is 14.6. The zero-order chi connectivity index (χ0) is 37.7. The minimum Gasteiger partial charge on any atom is -0.456 e. The van der Waals surface area contributed by atoms with Crippen molar-refractivity contribution in [3.05, 3.63) is 206 Å². The van der Waals surface area contributed by atoms with Crippen LogP contribution in [0.15, 0.2) is 211 Å². The van der Waals surface area contributed by atoms with Gasteiger partial charge < -0.3 is 4.42 Å². The average Bonchev–Trinajstić information content (AvgIpc) is 3.67. The van der Waals surface area contributed by atoms with Crippen molar-refractivity contribution in [2.45, 2.75) is 0 Å². The minimum atomic E-state index is 0.679. The summed E-state index contributed by atoms with van der Waals surface area (Å²) in [7, 11) is 0. The van der Waals surface area contributed by atoms with E-state index >= 15 is 0 Å². The highest BCUT2D eigenvalue weighted by molar-refractivity contribution is 6.06. The Morgan fingerprint density at radius 1 is 0.281 bits per heavy atom. The molecular formula is C54H34N2O. The molecule has 0 unspecified atom stereocenters. The molecule has 2 aromatic heterocycles. The Kier molecular flexibility index (Phi) is 7.82. The molecule has 0 aliphatic heterocycles.